The fraction of sp³-hybridized carbons (Fsp3) is 0.636. The number of halogens is 3. The molecule has 1 aliphatic heterocycles. The maximum atomic E-state index is 12.3. The Morgan fingerprint density at radius 3 is 2.95 bits per heavy atom. The van der Waals surface area contributed by atoms with E-state index < -0.39 is 24.7 Å². The quantitative estimate of drug-likeness (QED) is 0.859. The topological polar surface area (TPSA) is 64.2 Å². The maximum Gasteiger partial charge on any atom is 0.391 e. The summed E-state index contributed by atoms with van der Waals surface area (Å²) in [6.07, 6.45) is -6.33. The molecule has 1 aliphatic rings. The summed E-state index contributed by atoms with van der Waals surface area (Å²) in [4.78, 5) is 11.6. The Morgan fingerprint density at radius 1 is 1.58 bits per heavy atom. The molecule has 0 radical (unpaired) electrons. The largest absolute Gasteiger partial charge is 0.461 e. The summed E-state index contributed by atoms with van der Waals surface area (Å²) >= 11 is 0. The van der Waals surface area contributed by atoms with E-state index in [9.17, 15) is 18.0 Å². The number of aromatic nitrogens is 2. The van der Waals surface area contributed by atoms with Gasteiger partial charge in [0, 0.05) is 12.0 Å². The second-order valence-electron chi connectivity index (χ2n) is 4.21. The molecular formula is C11H13F3N2O3. The molecule has 2 heterocycles. The summed E-state index contributed by atoms with van der Waals surface area (Å²) in [5, 5.41) is 6.38. The number of aromatic amines is 1. The van der Waals surface area contributed by atoms with E-state index in [1.54, 1.807) is 6.92 Å². The first-order valence-corrected chi connectivity index (χ1v) is 5.82. The molecule has 0 aliphatic carbocycles. The average molecular weight is 278 g/mol. The molecule has 1 aromatic heterocycles. The Morgan fingerprint density at radius 2 is 2.32 bits per heavy atom. The highest BCUT2D eigenvalue weighted by Crippen LogP contribution is 2.30. The highest BCUT2D eigenvalue weighted by molar-refractivity contribution is 5.89. The predicted octanol–water partition coefficient (Wildman–Crippen LogP) is 1.98. The monoisotopic (exact) mass is 278 g/mol. The lowest BCUT2D eigenvalue weighted by atomic mass is 10.0. The van der Waals surface area contributed by atoms with Crippen LogP contribution in [-0.2, 0) is 22.5 Å². The van der Waals surface area contributed by atoms with Crippen molar-refractivity contribution >= 4 is 5.97 Å². The average Bonchev–Trinajstić information content (AvgIpc) is 2.70. The standard InChI is InChI=1S/C11H13F3N2O3/c1-2-18-10(17)9-7-3-6(4-11(12,13)14)19-5-8(7)15-16-9/h6H,2-5H2,1H3,(H,15,16). The SMILES string of the molecule is CCOC(=O)c1n[nH]c2c1CC(CC(F)(F)F)OC2. The van der Waals surface area contributed by atoms with Crippen molar-refractivity contribution in [1.29, 1.82) is 0 Å². The Hall–Kier alpha value is -1.57. The van der Waals surface area contributed by atoms with Gasteiger partial charge in [0.25, 0.3) is 0 Å². The smallest absolute Gasteiger partial charge is 0.391 e. The number of fused-ring (bicyclic) bond motifs is 1. The number of rotatable bonds is 3. The molecule has 19 heavy (non-hydrogen) atoms. The van der Waals surface area contributed by atoms with Gasteiger partial charge in [-0.1, -0.05) is 0 Å². The van der Waals surface area contributed by atoms with Gasteiger partial charge in [-0.25, -0.2) is 4.79 Å². The summed E-state index contributed by atoms with van der Waals surface area (Å²) in [5.74, 6) is -0.632. The molecule has 0 aromatic carbocycles. The minimum atomic E-state index is -4.30. The molecule has 0 fully saturated rings. The second-order valence-corrected chi connectivity index (χ2v) is 4.21. The molecule has 0 bridgehead atoms. The zero-order chi connectivity index (χ0) is 14.0. The van der Waals surface area contributed by atoms with Crippen molar-refractivity contribution in [2.24, 2.45) is 0 Å². The number of ether oxygens (including phenoxy) is 2. The van der Waals surface area contributed by atoms with Gasteiger partial charge in [-0.2, -0.15) is 18.3 Å². The number of H-pyrrole nitrogens is 1. The van der Waals surface area contributed by atoms with Gasteiger partial charge in [0.2, 0.25) is 0 Å². The van der Waals surface area contributed by atoms with Gasteiger partial charge in [-0.05, 0) is 6.92 Å². The van der Waals surface area contributed by atoms with Crippen molar-refractivity contribution in [3.63, 3.8) is 0 Å². The highest BCUT2D eigenvalue weighted by atomic mass is 19.4. The van der Waals surface area contributed by atoms with E-state index in [1.807, 2.05) is 0 Å². The van der Waals surface area contributed by atoms with E-state index in [2.05, 4.69) is 10.2 Å². The Labute approximate surface area is 107 Å². The van der Waals surface area contributed by atoms with Crippen LogP contribution in [-0.4, -0.2) is 35.1 Å². The van der Waals surface area contributed by atoms with Gasteiger partial charge in [0.1, 0.15) is 0 Å². The van der Waals surface area contributed by atoms with Crippen molar-refractivity contribution in [2.75, 3.05) is 6.61 Å². The van der Waals surface area contributed by atoms with Crippen molar-refractivity contribution in [1.82, 2.24) is 10.2 Å². The third kappa shape index (κ3) is 3.25. The summed E-state index contributed by atoms with van der Waals surface area (Å²) in [7, 11) is 0. The number of nitrogens with one attached hydrogen (secondary N) is 1. The predicted molar refractivity (Wildman–Crippen MR) is 57.5 cm³/mol. The summed E-state index contributed by atoms with van der Waals surface area (Å²) in [6, 6.07) is 0. The van der Waals surface area contributed by atoms with Gasteiger partial charge < -0.3 is 9.47 Å². The minimum Gasteiger partial charge on any atom is -0.461 e. The molecule has 8 heteroatoms. The van der Waals surface area contributed by atoms with Crippen LogP contribution in [0.15, 0.2) is 0 Å². The van der Waals surface area contributed by atoms with Crippen LogP contribution in [0.1, 0.15) is 35.1 Å². The molecule has 0 saturated carbocycles. The van der Waals surface area contributed by atoms with E-state index in [0.717, 1.165) is 0 Å². The first kappa shape index (κ1) is 13.9. The zero-order valence-corrected chi connectivity index (χ0v) is 10.2. The Kier molecular flexibility index (Phi) is 3.79. The van der Waals surface area contributed by atoms with Crippen molar-refractivity contribution < 1.29 is 27.4 Å². The number of esters is 1. The normalized spacial score (nSPS) is 19.1. The zero-order valence-electron chi connectivity index (χ0n) is 10.2. The molecule has 0 spiro atoms. The molecular weight excluding hydrogens is 265 g/mol. The molecule has 2 rings (SSSR count). The van der Waals surface area contributed by atoms with Gasteiger partial charge >= 0.3 is 12.1 Å². The molecule has 106 valence electrons. The van der Waals surface area contributed by atoms with E-state index in [-0.39, 0.29) is 25.3 Å². The highest BCUT2D eigenvalue weighted by Gasteiger charge is 2.36. The first-order valence-electron chi connectivity index (χ1n) is 5.82. The summed E-state index contributed by atoms with van der Waals surface area (Å²) in [5.41, 5.74) is 1.03. The fourth-order valence-corrected chi connectivity index (χ4v) is 1.99. The van der Waals surface area contributed by atoms with Crippen LogP contribution in [0.4, 0.5) is 13.2 Å². The van der Waals surface area contributed by atoms with Gasteiger partial charge in [0.05, 0.1) is 31.4 Å². The van der Waals surface area contributed by atoms with E-state index in [0.29, 0.717) is 11.3 Å². The van der Waals surface area contributed by atoms with Gasteiger partial charge in [-0.3, -0.25) is 5.10 Å². The lowest BCUT2D eigenvalue weighted by Crippen LogP contribution is -2.28. The molecule has 0 amide bonds. The van der Waals surface area contributed by atoms with Crippen LogP contribution in [0.5, 0.6) is 0 Å². The lowest BCUT2D eigenvalue weighted by molar-refractivity contribution is -0.163. The van der Waals surface area contributed by atoms with Crippen LogP contribution < -0.4 is 0 Å². The molecule has 5 nitrogen and oxygen atoms in total. The first-order chi connectivity index (χ1) is 8.90. The summed E-state index contributed by atoms with van der Waals surface area (Å²) in [6.45, 7) is 1.82. The molecule has 1 atom stereocenters. The van der Waals surface area contributed by atoms with Gasteiger partial charge in [0.15, 0.2) is 5.69 Å². The van der Waals surface area contributed by atoms with E-state index >= 15 is 0 Å². The van der Waals surface area contributed by atoms with Crippen molar-refractivity contribution in [3.05, 3.63) is 17.0 Å². The number of nitrogens with zero attached hydrogens (tertiary/aromatic N) is 1. The summed E-state index contributed by atoms with van der Waals surface area (Å²) < 4.78 is 46.9. The number of alkyl halides is 3. The molecule has 0 saturated heterocycles. The minimum absolute atomic E-state index is 0.000505. The Balaban J connectivity index is 2.14. The van der Waals surface area contributed by atoms with Crippen LogP contribution >= 0.6 is 0 Å². The molecule has 1 unspecified atom stereocenters. The van der Waals surface area contributed by atoms with Crippen molar-refractivity contribution in [2.45, 2.75) is 38.7 Å². The van der Waals surface area contributed by atoms with Crippen molar-refractivity contribution in [3.8, 4) is 0 Å². The third-order valence-corrected chi connectivity index (χ3v) is 2.78. The fourth-order valence-electron chi connectivity index (χ4n) is 1.99. The van der Waals surface area contributed by atoms with Crippen LogP contribution in [0.25, 0.3) is 0 Å². The van der Waals surface area contributed by atoms with E-state index in [4.69, 9.17) is 9.47 Å². The molecule has 1 aromatic rings. The number of carbonyl (C=O) groups is 1. The maximum absolute atomic E-state index is 12.3. The lowest BCUT2D eigenvalue weighted by Gasteiger charge is -2.23. The molecule has 1 N–H and O–H groups in total. The second kappa shape index (κ2) is 5.20. The Bertz CT molecular complexity index is 470. The number of carbonyl (C=O) groups excluding carboxylic acids is 1. The number of hydrogen-bond acceptors (Lipinski definition) is 4. The van der Waals surface area contributed by atoms with Crippen LogP contribution in [0.2, 0.25) is 0 Å². The van der Waals surface area contributed by atoms with Crippen LogP contribution in [0, 0.1) is 0 Å². The number of hydrogen-bond donors (Lipinski definition) is 1. The van der Waals surface area contributed by atoms with Gasteiger partial charge in [-0.15, -0.1) is 0 Å². The van der Waals surface area contributed by atoms with Crippen LogP contribution in [0.3, 0.4) is 0 Å². The third-order valence-electron chi connectivity index (χ3n) is 2.78. The van der Waals surface area contributed by atoms with E-state index in [1.165, 1.54) is 0 Å².